The maximum Gasteiger partial charge on any atom is 0.328 e. The second-order valence-electron chi connectivity index (χ2n) is 6.31. The highest BCUT2D eigenvalue weighted by atomic mass is 16.4. The van der Waals surface area contributed by atoms with Gasteiger partial charge in [0.2, 0.25) is 5.95 Å². The molecular weight excluding hydrogens is 342 g/mol. The molecule has 7 nitrogen and oxygen atoms in total. The van der Waals surface area contributed by atoms with Crippen LogP contribution in [0.1, 0.15) is 0 Å². The Morgan fingerprint density at radius 3 is 2.52 bits per heavy atom. The molecule has 1 atom stereocenters. The van der Waals surface area contributed by atoms with Crippen molar-refractivity contribution in [1.82, 2.24) is 15.0 Å². The molecule has 3 heterocycles. The lowest BCUT2D eigenvalue weighted by Gasteiger charge is -2.40. The van der Waals surface area contributed by atoms with Crippen molar-refractivity contribution in [3.63, 3.8) is 0 Å². The van der Waals surface area contributed by atoms with Gasteiger partial charge in [0.1, 0.15) is 6.04 Å². The Bertz CT molecular complexity index is 920. The van der Waals surface area contributed by atoms with Crippen LogP contribution in [0.5, 0.6) is 0 Å². The van der Waals surface area contributed by atoms with Crippen LogP contribution in [0.25, 0.3) is 11.3 Å². The summed E-state index contributed by atoms with van der Waals surface area (Å²) in [5.74, 6) is -0.308. The molecule has 4 rings (SSSR count). The van der Waals surface area contributed by atoms with E-state index >= 15 is 0 Å². The summed E-state index contributed by atoms with van der Waals surface area (Å²) in [6.45, 7) is 1.56. The highest BCUT2D eigenvalue weighted by Crippen LogP contribution is 2.24. The number of para-hydroxylation sites is 1. The number of benzene rings is 1. The lowest BCUT2D eigenvalue weighted by Crippen LogP contribution is -2.57. The van der Waals surface area contributed by atoms with Gasteiger partial charge in [0, 0.05) is 42.9 Å². The van der Waals surface area contributed by atoms with Crippen molar-refractivity contribution >= 4 is 17.6 Å². The molecule has 1 saturated heterocycles. The van der Waals surface area contributed by atoms with Crippen molar-refractivity contribution in [2.45, 2.75) is 6.04 Å². The molecule has 1 aromatic carbocycles. The molecule has 0 radical (unpaired) electrons. The molecule has 1 aliphatic rings. The molecule has 1 N–H and O–H groups in total. The highest BCUT2D eigenvalue weighted by Gasteiger charge is 2.33. The molecule has 1 aliphatic heterocycles. The SMILES string of the molecule is O=C(O)[C@@H]1CN(c2nccc(-c3ccncc3)n2)CCN1c1ccccc1. The number of nitrogens with zero attached hydrogens (tertiary/aromatic N) is 5. The van der Waals surface area contributed by atoms with E-state index in [4.69, 9.17) is 0 Å². The van der Waals surface area contributed by atoms with Gasteiger partial charge in [-0.2, -0.15) is 0 Å². The molecular formula is C20H19N5O2. The number of pyridine rings is 1. The van der Waals surface area contributed by atoms with Crippen molar-refractivity contribution in [2.75, 3.05) is 29.4 Å². The molecule has 0 bridgehead atoms. The molecule has 0 saturated carbocycles. The normalized spacial score (nSPS) is 17.0. The standard InChI is InChI=1S/C20H19N5O2/c26-19(27)18-14-24(12-13-25(18)16-4-2-1-3-5-16)20-22-11-8-17(23-20)15-6-9-21-10-7-15/h1-11,18H,12-14H2,(H,26,27)/t18-/m0/s1. The Morgan fingerprint density at radius 1 is 1.00 bits per heavy atom. The van der Waals surface area contributed by atoms with Crippen LogP contribution in [0.2, 0.25) is 0 Å². The van der Waals surface area contributed by atoms with Crippen LogP contribution < -0.4 is 9.80 Å². The van der Waals surface area contributed by atoms with E-state index in [0.717, 1.165) is 16.9 Å². The lowest BCUT2D eigenvalue weighted by atomic mass is 10.1. The van der Waals surface area contributed by atoms with Crippen molar-refractivity contribution in [2.24, 2.45) is 0 Å². The molecule has 0 spiro atoms. The van der Waals surface area contributed by atoms with Crippen LogP contribution in [0.4, 0.5) is 11.6 Å². The first-order valence-electron chi connectivity index (χ1n) is 8.75. The number of hydrogen-bond donors (Lipinski definition) is 1. The van der Waals surface area contributed by atoms with E-state index in [0.29, 0.717) is 25.6 Å². The average Bonchev–Trinajstić information content (AvgIpc) is 2.74. The zero-order valence-corrected chi connectivity index (χ0v) is 14.6. The number of piperazine rings is 1. The molecule has 1 fully saturated rings. The summed E-state index contributed by atoms with van der Waals surface area (Å²) in [5, 5.41) is 9.75. The molecule has 7 heteroatoms. The summed E-state index contributed by atoms with van der Waals surface area (Å²) in [6.07, 6.45) is 5.14. The van der Waals surface area contributed by atoms with Crippen molar-refractivity contribution in [3.05, 3.63) is 67.1 Å². The molecule has 0 amide bonds. The Labute approximate surface area is 156 Å². The highest BCUT2D eigenvalue weighted by molar-refractivity contribution is 5.80. The second kappa shape index (κ2) is 7.41. The third kappa shape index (κ3) is 3.57. The summed E-state index contributed by atoms with van der Waals surface area (Å²) in [7, 11) is 0. The quantitative estimate of drug-likeness (QED) is 0.763. The third-order valence-corrected chi connectivity index (χ3v) is 4.66. The van der Waals surface area contributed by atoms with Gasteiger partial charge in [-0.05, 0) is 30.3 Å². The Hall–Kier alpha value is -3.48. The maximum atomic E-state index is 11.9. The van der Waals surface area contributed by atoms with E-state index in [9.17, 15) is 9.90 Å². The van der Waals surface area contributed by atoms with Gasteiger partial charge < -0.3 is 14.9 Å². The smallest absolute Gasteiger partial charge is 0.328 e. The molecule has 27 heavy (non-hydrogen) atoms. The van der Waals surface area contributed by atoms with Crippen LogP contribution in [0.15, 0.2) is 67.1 Å². The first kappa shape index (κ1) is 17.0. The minimum Gasteiger partial charge on any atom is -0.480 e. The predicted octanol–water partition coefficient (Wildman–Crippen LogP) is 2.32. The minimum absolute atomic E-state index is 0.323. The third-order valence-electron chi connectivity index (χ3n) is 4.66. The number of aromatic nitrogens is 3. The number of hydrogen-bond acceptors (Lipinski definition) is 6. The topological polar surface area (TPSA) is 82.4 Å². The largest absolute Gasteiger partial charge is 0.480 e. The first-order valence-corrected chi connectivity index (χ1v) is 8.75. The van der Waals surface area contributed by atoms with Crippen molar-refractivity contribution in [3.8, 4) is 11.3 Å². The van der Waals surface area contributed by atoms with Gasteiger partial charge in [-0.3, -0.25) is 4.98 Å². The van der Waals surface area contributed by atoms with E-state index in [2.05, 4.69) is 15.0 Å². The Kier molecular flexibility index (Phi) is 4.65. The van der Waals surface area contributed by atoms with E-state index < -0.39 is 12.0 Å². The Morgan fingerprint density at radius 2 is 1.78 bits per heavy atom. The summed E-state index contributed by atoms with van der Waals surface area (Å²) in [6, 6.07) is 14.6. The van der Waals surface area contributed by atoms with Gasteiger partial charge in [0.05, 0.1) is 12.2 Å². The summed E-state index contributed by atoms with van der Waals surface area (Å²) in [4.78, 5) is 28.8. The second-order valence-corrected chi connectivity index (χ2v) is 6.31. The monoisotopic (exact) mass is 361 g/mol. The van der Waals surface area contributed by atoms with E-state index in [1.807, 2.05) is 58.3 Å². The number of aliphatic carboxylic acids is 1. The molecule has 2 aromatic heterocycles. The molecule has 0 aliphatic carbocycles. The fraction of sp³-hybridized carbons (Fsp3) is 0.200. The van der Waals surface area contributed by atoms with Gasteiger partial charge in [-0.15, -0.1) is 0 Å². The summed E-state index contributed by atoms with van der Waals surface area (Å²) in [5.41, 5.74) is 2.65. The van der Waals surface area contributed by atoms with E-state index in [-0.39, 0.29) is 0 Å². The van der Waals surface area contributed by atoms with Crippen LogP contribution in [0, 0.1) is 0 Å². The molecule has 0 unspecified atom stereocenters. The van der Waals surface area contributed by atoms with Crippen molar-refractivity contribution in [1.29, 1.82) is 0 Å². The van der Waals surface area contributed by atoms with Crippen LogP contribution in [-0.2, 0) is 4.79 Å². The zero-order chi connectivity index (χ0) is 18.6. The fourth-order valence-electron chi connectivity index (χ4n) is 3.29. The van der Waals surface area contributed by atoms with E-state index in [1.165, 1.54) is 0 Å². The van der Waals surface area contributed by atoms with Gasteiger partial charge in [0.25, 0.3) is 0 Å². The minimum atomic E-state index is -0.853. The summed E-state index contributed by atoms with van der Waals surface area (Å²) < 4.78 is 0. The first-order chi connectivity index (χ1) is 13.2. The van der Waals surface area contributed by atoms with Gasteiger partial charge >= 0.3 is 5.97 Å². The number of rotatable bonds is 4. The average molecular weight is 361 g/mol. The zero-order valence-electron chi connectivity index (χ0n) is 14.6. The summed E-state index contributed by atoms with van der Waals surface area (Å²) >= 11 is 0. The van der Waals surface area contributed by atoms with Gasteiger partial charge in [-0.25, -0.2) is 14.8 Å². The van der Waals surface area contributed by atoms with Crippen LogP contribution >= 0.6 is 0 Å². The number of carbonyl (C=O) groups is 1. The van der Waals surface area contributed by atoms with Gasteiger partial charge in [-0.1, -0.05) is 18.2 Å². The number of carboxylic acid groups (broad SMARTS) is 1. The van der Waals surface area contributed by atoms with E-state index in [1.54, 1.807) is 18.6 Å². The lowest BCUT2D eigenvalue weighted by molar-refractivity contribution is -0.138. The van der Waals surface area contributed by atoms with Crippen LogP contribution in [-0.4, -0.2) is 51.7 Å². The number of anilines is 2. The molecule has 136 valence electrons. The number of carboxylic acids is 1. The predicted molar refractivity (Wildman–Crippen MR) is 103 cm³/mol. The van der Waals surface area contributed by atoms with Crippen molar-refractivity contribution < 1.29 is 9.90 Å². The Balaban J connectivity index is 1.59. The maximum absolute atomic E-state index is 11.9. The van der Waals surface area contributed by atoms with Gasteiger partial charge in [0.15, 0.2) is 0 Å². The fourth-order valence-corrected chi connectivity index (χ4v) is 3.29. The van der Waals surface area contributed by atoms with Crippen LogP contribution in [0.3, 0.4) is 0 Å². The molecule has 3 aromatic rings.